The molecule has 0 unspecified atom stereocenters. The highest BCUT2D eigenvalue weighted by molar-refractivity contribution is 5.82. The molecule has 2 aromatic rings. The Morgan fingerprint density at radius 1 is 1.23 bits per heavy atom. The molecule has 66 valence electrons. The third-order valence-corrected chi connectivity index (χ3v) is 2.17. The number of benzene rings is 1. The summed E-state index contributed by atoms with van der Waals surface area (Å²) in [5.41, 5.74) is 8.02. The minimum atomic E-state index is 0.0629. The second kappa shape index (κ2) is 3.15. The summed E-state index contributed by atoms with van der Waals surface area (Å²) in [6.07, 6.45) is 1.81. The lowest BCUT2D eigenvalue weighted by molar-refractivity contribution is 0.825. The van der Waals surface area contributed by atoms with E-state index in [1.165, 1.54) is 0 Å². The zero-order valence-corrected chi connectivity index (χ0v) is 7.57. The van der Waals surface area contributed by atoms with Gasteiger partial charge in [-0.1, -0.05) is 18.2 Å². The van der Waals surface area contributed by atoms with Crippen molar-refractivity contribution in [1.29, 1.82) is 0 Å². The van der Waals surface area contributed by atoms with E-state index in [2.05, 4.69) is 11.1 Å². The van der Waals surface area contributed by atoms with Crippen LogP contribution in [0.5, 0.6) is 0 Å². The largest absolute Gasteiger partial charge is 0.324 e. The van der Waals surface area contributed by atoms with E-state index in [9.17, 15) is 0 Å². The van der Waals surface area contributed by atoms with Gasteiger partial charge in [0.1, 0.15) is 0 Å². The summed E-state index contributed by atoms with van der Waals surface area (Å²) in [5.74, 6) is 0. The van der Waals surface area contributed by atoms with Crippen LogP contribution in [0.2, 0.25) is 0 Å². The Morgan fingerprint density at radius 3 is 2.77 bits per heavy atom. The summed E-state index contributed by atoms with van der Waals surface area (Å²) in [5, 5.41) is 1.15. The topological polar surface area (TPSA) is 38.9 Å². The van der Waals surface area contributed by atoms with Crippen LogP contribution in [0.15, 0.2) is 36.5 Å². The van der Waals surface area contributed by atoms with E-state index in [-0.39, 0.29) is 6.04 Å². The second-order valence-corrected chi connectivity index (χ2v) is 3.21. The van der Waals surface area contributed by atoms with Crippen LogP contribution in [0, 0.1) is 0 Å². The zero-order chi connectivity index (χ0) is 9.26. The van der Waals surface area contributed by atoms with Crippen molar-refractivity contribution >= 4 is 10.9 Å². The van der Waals surface area contributed by atoms with E-state index < -0.39 is 0 Å². The van der Waals surface area contributed by atoms with Crippen LogP contribution in [0.4, 0.5) is 0 Å². The average molecular weight is 172 g/mol. The second-order valence-electron chi connectivity index (χ2n) is 3.21. The molecular weight excluding hydrogens is 160 g/mol. The number of rotatable bonds is 1. The Labute approximate surface area is 77.4 Å². The smallest absolute Gasteiger partial charge is 0.0705 e. The molecule has 2 nitrogen and oxygen atoms in total. The van der Waals surface area contributed by atoms with Crippen molar-refractivity contribution in [1.82, 2.24) is 4.98 Å². The molecule has 1 heterocycles. The van der Waals surface area contributed by atoms with Gasteiger partial charge in [0.25, 0.3) is 0 Å². The van der Waals surface area contributed by atoms with Crippen LogP contribution < -0.4 is 5.73 Å². The molecule has 2 N–H and O–H groups in total. The first-order valence-electron chi connectivity index (χ1n) is 4.38. The molecule has 0 aliphatic rings. The Balaban J connectivity index is 2.76. The van der Waals surface area contributed by atoms with Gasteiger partial charge in [-0.2, -0.15) is 0 Å². The van der Waals surface area contributed by atoms with Gasteiger partial charge in [0.2, 0.25) is 0 Å². The molecule has 0 aliphatic heterocycles. The van der Waals surface area contributed by atoms with Crippen LogP contribution in [-0.2, 0) is 0 Å². The fourth-order valence-corrected chi connectivity index (χ4v) is 1.52. The molecule has 0 radical (unpaired) electrons. The van der Waals surface area contributed by atoms with E-state index in [4.69, 9.17) is 5.73 Å². The van der Waals surface area contributed by atoms with Crippen LogP contribution in [-0.4, -0.2) is 4.98 Å². The molecule has 13 heavy (non-hydrogen) atoms. The molecule has 1 aromatic heterocycles. The van der Waals surface area contributed by atoms with Gasteiger partial charge < -0.3 is 5.73 Å². The number of hydrogen-bond acceptors (Lipinski definition) is 2. The quantitative estimate of drug-likeness (QED) is 0.716. The minimum absolute atomic E-state index is 0.0629. The lowest BCUT2D eigenvalue weighted by Gasteiger charge is -2.08. The molecule has 1 atom stereocenters. The van der Waals surface area contributed by atoms with E-state index >= 15 is 0 Å². The normalized spacial score (nSPS) is 13.1. The van der Waals surface area contributed by atoms with Crippen LogP contribution >= 0.6 is 0 Å². The summed E-state index contributed by atoms with van der Waals surface area (Å²) in [6, 6.07) is 10.1. The summed E-state index contributed by atoms with van der Waals surface area (Å²) >= 11 is 0. The van der Waals surface area contributed by atoms with Gasteiger partial charge in [-0.25, -0.2) is 0 Å². The Bertz CT molecular complexity index is 416. The molecule has 1 aromatic carbocycles. The van der Waals surface area contributed by atoms with Crippen molar-refractivity contribution in [2.45, 2.75) is 13.0 Å². The number of nitrogens with zero attached hydrogens (tertiary/aromatic N) is 1. The van der Waals surface area contributed by atoms with Gasteiger partial charge in [0.15, 0.2) is 0 Å². The summed E-state index contributed by atoms with van der Waals surface area (Å²) in [4.78, 5) is 4.27. The van der Waals surface area contributed by atoms with Crippen molar-refractivity contribution < 1.29 is 0 Å². The molecule has 0 saturated heterocycles. The van der Waals surface area contributed by atoms with E-state index in [1.54, 1.807) is 6.20 Å². The lowest BCUT2D eigenvalue weighted by Crippen LogP contribution is -2.05. The molecule has 0 saturated carbocycles. The third kappa shape index (κ3) is 1.40. The molecule has 0 fully saturated rings. The first kappa shape index (κ1) is 8.20. The molecule has 0 spiro atoms. The molecule has 2 heteroatoms. The molecule has 0 bridgehead atoms. The van der Waals surface area contributed by atoms with Gasteiger partial charge in [0.05, 0.1) is 5.52 Å². The van der Waals surface area contributed by atoms with Crippen LogP contribution in [0.3, 0.4) is 0 Å². The third-order valence-electron chi connectivity index (χ3n) is 2.17. The van der Waals surface area contributed by atoms with Crippen molar-refractivity contribution in [3.05, 3.63) is 42.1 Å². The maximum absolute atomic E-state index is 5.85. The SMILES string of the molecule is C[C@@H](N)c1ccnc2ccccc12. The Morgan fingerprint density at radius 2 is 2.00 bits per heavy atom. The Kier molecular flexibility index (Phi) is 1.99. The number of nitrogens with two attached hydrogens (primary N) is 1. The van der Waals surface area contributed by atoms with Crippen molar-refractivity contribution in [3.8, 4) is 0 Å². The predicted molar refractivity (Wildman–Crippen MR) is 54.3 cm³/mol. The van der Waals surface area contributed by atoms with Crippen molar-refractivity contribution in [2.24, 2.45) is 5.73 Å². The van der Waals surface area contributed by atoms with Crippen molar-refractivity contribution in [2.75, 3.05) is 0 Å². The zero-order valence-electron chi connectivity index (χ0n) is 7.57. The number of pyridine rings is 1. The number of hydrogen-bond donors (Lipinski definition) is 1. The summed E-state index contributed by atoms with van der Waals surface area (Å²) in [6.45, 7) is 1.99. The highest BCUT2D eigenvalue weighted by Gasteiger charge is 2.03. The van der Waals surface area contributed by atoms with Gasteiger partial charge >= 0.3 is 0 Å². The van der Waals surface area contributed by atoms with Crippen molar-refractivity contribution in [3.63, 3.8) is 0 Å². The highest BCUT2D eigenvalue weighted by Crippen LogP contribution is 2.20. The maximum atomic E-state index is 5.85. The van der Waals surface area contributed by atoms with Gasteiger partial charge in [-0.15, -0.1) is 0 Å². The monoisotopic (exact) mass is 172 g/mol. The first-order valence-corrected chi connectivity index (χ1v) is 4.38. The number of aromatic nitrogens is 1. The fourth-order valence-electron chi connectivity index (χ4n) is 1.52. The number of para-hydroxylation sites is 1. The van der Waals surface area contributed by atoms with Crippen LogP contribution in [0.25, 0.3) is 10.9 Å². The maximum Gasteiger partial charge on any atom is 0.0705 e. The fraction of sp³-hybridized carbons (Fsp3) is 0.182. The molecule has 0 aliphatic carbocycles. The van der Waals surface area contributed by atoms with Gasteiger partial charge in [-0.05, 0) is 24.6 Å². The predicted octanol–water partition coefficient (Wildman–Crippen LogP) is 2.25. The van der Waals surface area contributed by atoms with E-state index in [0.29, 0.717) is 0 Å². The Hall–Kier alpha value is -1.41. The first-order chi connectivity index (χ1) is 6.29. The average Bonchev–Trinajstić information content (AvgIpc) is 2.17. The van der Waals surface area contributed by atoms with Gasteiger partial charge in [0, 0.05) is 17.6 Å². The van der Waals surface area contributed by atoms with E-state index in [1.807, 2.05) is 31.2 Å². The molecule has 0 amide bonds. The van der Waals surface area contributed by atoms with E-state index in [0.717, 1.165) is 16.5 Å². The summed E-state index contributed by atoms with van der Waals surface area (Å²) < 4.78 is 0. The highest BCUT2D eigenvalue weighted by atomic mass is 14.7. The van der Waals surface area contributed by atoms with Gasteiger partial charge in [-0.3, -0.25) is 4.98 Å². The molecular formula is C11H12N2. The summed E-state index contributed by atoms with van der Waals surface area (Å²) in [7, 11) is 0. The number of fused-ring (bicyclic) bond motifs is 1. The minimum Gasteiger partial charge on any atom is -0.324 e. The lowest BCUT2D eigenvalue weighted by atomic mass is 10.0. The molecule has 2 rings (SSSR count). The van der Waals surface area contributed by atoms with Crippen LogP contribution in [0.1, 0.15) is 18.5 Å². The standard InChI is InChI=1S/C11H12N2/c1-8(12)9-6-7-13-11-5-3-2-4-10(9)11/h2-8H,12H2,1H3/t8-/m1/s1.